The molecule has 0 radical (unpaired) electrons. The van der Waals surface area contributed by atoms with Gasteiger partial charge < -0.3 is 9.64 Å². The third kappa shape index (κ3) is 12.9. The van der Waals surface area contributed by atoms with Gasteiger partial charge >= 0.3 is 6.09 Å². The number of carbonyl (C=O) groups excluding carboxylic acids is 2. The van der Waals surface area contributed by atoms with Crippen molar-refractivity contribution in [2.24, 2.45) is 0 Å². The first-order valence-corrected chi connectivity index (χ1v) is 6.85. The van der Waals surface area contributed by atoms with Gasteiger partial charge in [-0.3, -0.25) is 10.1 Å². The number of ether oxygens (including phenoxy) is 1. The molecule has 0 saturated carbocycles. The Morgan fingerprint density at radius 1 is 1.16 bits per heavy atom. The summed E-state index contributed by atoms with van der Waals surface area (Å²) in [6, 6.07) is 0. The van der Waals surface area contributed by atoms with E-state index in [1.165, 1.54) is 18.9 Å². The first kappa shape index (κ1) is 17.6. The average Bonchev–Trinajstić information content (AvgIpc) is 2.32. The van der Waals surface area contributed by atoms with E-state index in [9.17, 15) is 9.59 Å². The Labute approximate surface area is 116 Å². The summed E-state index contributed by atoms with van der Waals surface area (Å²) in [5.41, 5.74) is 0. The van der Waals surface area contributed by atoms with Crippen molar-refractivity contribution in [1.29, 1.82) is 0 Å². The number of imide groups is 1. The number of nitrogens with one attached hydrogen (secondary N) is 1. The lowest BCUT2D eigenvalue weighted by atomic mass is 10.1. The lowest BCUT2D eigenvalue weighted by Crippen LogP contribution is -2.29. The molecule has 0 aromatic carbocycles. The molecule has 5 heteroatoms. The van der Waals surface area contributed by atoms with Crippen LogP contribution in [0.5, 0.6) is 0 Å². The predicted octanol–water partition coefficient (Wildman–Crippen LogP) is 2.33. The van der Waals surface area contributed by atoms with Crippen molar-refractivity contribution < 1.29 is 14.3 Å². The molecule has 0 aliphatic carbocycles. The SMILES string of the molecule is CCOC(=O)NC(=O)C=CCCCCCCN(C)C. The van der Waals surface area contributed by atoms with Crippen LogP contribution in [0.3, 0.4) is 0 Å². The van der Waals surface area contributed by atoms with Crippen molar-refractivity contribution in [1.82, 2.24) is 10.2 Å². The van der Waals surface area contributed by atoms with E-state index in [0.717, 1.165) is 25.8 Å². The van der Waals surface area contributed by atoms with E-state index >= 15 is 0 Å². The van der Waals surface area contributed by atoms with Gasteiger partial charge in [0.05, 0.1) is 6.61 Å². The van der Waals surface area contributed by atoms with Crippen molar-refractivity contribution in [2.45, 2.75) is 39.0 Å². The summed E-state index contributed by atoms with van der Waals surface area (Å²) in [4.78, 5) is 24.3. The van der Waals surface area contributed by atoms with Crippen LogP contribution < -0.4 is 5.32 Å². The molecular formula is C14H26N2O3. The standard InChI is InChI=1S/C14H26N2O3/c1-4-19-14(18)15-13(17)11-9-7-5-6-8-10-12-16(2)3/h9,11H,4-8,10,12H2,1-3H3,(H,15,17,18). The van der Waals surface area contributed by atoms with Crippen LogP contribution >= 0.6 is 0 Å². The number of rotatable bonds is 9. The van der Waals surface area contributed by atoms with Crippen molar-refractivity contribution in [3.63, 3.8) is 0 Å². The second kappa shape index (κ2) is 11.7. The molecule has 0 saturated heterocycles. The zero-order valence-electron chi connectivity index (χ0n) is 12.3. The number of hydrogen-bond acceptors (Lipinski definition) is 4. The summed E-state index contributed by atoms with van der Waals surface area (Å²) >= 11 is 0. The van der Waals surface area contributed by atoms with Crippen molar-refractivity contribution >= 4 is 12.0 Å². The molecule has 19 heavy (non-hydrogen) atoms. The van der Waals surface area contributed by atoms with Crippen LogP contribution in [0.1, 0.15) is 39.0 Å². The second-order valence-corrected chi connectivity index (χ2v) is 4.62. The van der Waals surface area contributed by atoms with Gasteiger partial charge in [0, 0.05) is 0 Å². The number of hydrogen-bond donors (Lipinski definition) is 1. The molecule has 0 spiro atoms. The highest BCUT2D eigenvalue weighted by Crippen LogP contribution is 2.03. The topological polar surface area (TPSA) is 58.6 Å². The van der Waals surface area contributed by atoms with Gasteiger partial charge in [0.2, 0.25) is 0 Å². The molecule has 0 bridgehead atoms. The Morgan fingerprint density at radius 2 is 1.84 bits per heavy atom. The summed E-state index contributed by atoms with van der Waals surface area (Å²) in [6.07, 6.45) is 7.99. The first-order chi connectivity index (χ1) is 9.06. The van der Waals surface area contributed by atoms with Crippen LogP contribution in [0.4, 0.5) is 4.79 Å². The second-order valence-electron chi connectivity index (χ2n) is 4.62. The maximum absolute atomic E-state index is 11.2. The first-order valence-electron chi connectivity index (χ1n) is 6.85. The third-order valence-electron chi connectivity index (χ3n) is 2.50. The lowest BCUT2D eigenvalue weighted by Gasteiger charge is -2.07. The molecule has 0 aromatic rings. The third-order valence-corrected chi connectivity index (χ3v) is 2.50. The molecule has 0 aliphatic rings. The van der Waals surface area contributed by atoms with Gasteiger partial charge in [-0.05, 0) is 52.9 Å². The van der Waals surface area contributed by atoms with Crippen LogP contribution in [0.2, 0.25) is 0 Å². The molecule has 0 aliphatic heterocycles. The zero-order valence-corrected chi connectivity index (χ0v) is 12.3. The molecule has 1 N–H and O–H groups in total. The van der Waals surface area contributed by atoms with Gasteiger partial charge in [0.1, 0.15) is 0 Å². The van der Waals surface area contributed by atoms with Gasteiger partial charge in [-0.25, -0.2) is 4.79 Å². The van der Waals surface area contributed by atoms with E-state index in [1.807, 2.05) is 0 Å². The number of allylic oxidation sites excluding steroid dienone is 1. The minimum absolute atomic E-state index is 0.260. The molecule has 0 heterocycles. The van der Waals surface area contributed by atoms with E-state index in [4.69, 9.17) is 0 Å². The molecule has 0 rings (SSSR count). The highest BCUT2D eigenvalue weighted by molar-refractivity contribution is 5.98. The van der Waals surface area contributed by atoms with Crippen molar-refractivity contribution in [2.75, 3.05) is 27.2 Å². The van der Waals surface area contributed by atoms with Crippen molar-refractivity contribution in [3.8, 4) is 0 Å². The Balaban J connectivity index is 3.47. The van der Waals surface area contributed by atoms with Crippen molar-refractivity contribution in [3.05, 3.63) is 12.2 Å². The molecule has 0 aromatic heterocycles. The number of amides is 2. The Hall–Kier alpha value is -1.36. The molecule has 110 valence electrons. The fourth-order valence-electron chi connectivity index (χ4n) is 1.54. The molecule has 0 fully saturated rings. The van der Waals surface area contributed by atoms with E-state index in [-0.39, 0.29) is 6.61 Å². The summed E-state index contributed by atoms with van der Waals surface area (Å²) in [5, 5.41) is 2.11. The summed E-state index contributed by atoms with van der Waals surface area (Å²) in [5.74, 6) is -0.425. The Morgan fingerprint density at radius 3 is 2.47 bits per heavy atom. The monoisotopic (exact) mass is 270 g/mol. The van der Waals surface area contributed by atoms with Gasteiger partial charge in [-0.2, -0.15) is 0 Å². The highest BCUT2D eigenvalue weighted by atomic mass is 16.5. The number of nitrogens with zero attached hydrogens (tertiary/aromatic N) is 1. The number of unbranched alkanes of at least 4 members (excludes halogenated alkanes) is 4. The molecule has 0 atom stereocenters. The van der Waals surface area contributed by atoms with Crippen LogP contribution in [-0.4, -0.2) is 44.1 Å². The van der Waals surface area contributed by atoms with Gasteiger partial charge in [0.25, 0.3) is 5.91 Å². The summed E-state index contributed by atoms with van der Waals surface area (Å²) in [6.45, 7) is 3.07. The minimum atomic E-state index is -0.694. The Bertz CT molecular complexity index is 288. The van der Waals surface area contributed by atoms with Crippen LogP contribution in [0, 0.1) is 0 Å². The van der Waals surface area contributed by atoms with Gasteiger partial charge in [-0.15, -0.1) is 0 Å². The van der Waals surface area contributed by atoms with Crippen LogP contribution in [0.25, 0.3) is 0 Å². The maximum atomic E-state index is 11.2. The minimum Gasteiger partial charge on any atom is -0.450 e. The summed E-state index contributed by atoms with van der Waals surface area (Å²) in [7, 11) is 4.15. The smallest absolute Gasteiger partial charge is 0.414 e. The molecule has 0 unspecified atom stereocenters. The number of carbonyl (C=O) groups is 2. The Kier molecular flexibility index (Phi) is 10.9. The highest BCUT2D eigenvalue weighted by Gasteiger charge is 2.03. The lowest BCUT2D eigenvalue weighted by molar-refractivity contribution is -0.115. The van der Waals surface area contributed by atoms with E-state index in [2.05, 4.69) is 29.0 Å². The van der Waals surface area contributed by atoms with E-state index in [0.29, 0.717) is 0 Å². The molecular weight excluding hydrogens is 244 g/mol. The molecule has 5 nitrogen and oxygen atoms in total. The predicted molar refractivity (Wildman–Crippen MR) is 75.9 cm³/mol. The average molecular weight is 270 g/mol. The quantitative estimate of drug-likeness (QED) is 0.516. The van der Waals surface area contributed by atoms with E-state index in [1.54, 1.807) is 13.0 Å². The largest absolute Gasteiger partial charge is 0.450 e. The fraction of sp³-hybridized carbons (Fsp3) is 0.714. The number of alkyl carbamates (subject to hydrolysis) is 1. The normalized spacial score (nSPS) is 10.9. The van der Waals surface area contributed by atoms with E-state index < -0.39 is 12.0 Å². The maximum Gasteiger partial charge on any atom is 0.414 e. The zero-order chi connectivity index (χ0) is 14.5. The van der Waals surface area contributed by atoms with Gasteiger partial charge in [0.15, 0.2) is 0 Å². The fourth-order valence-corrected chi connectivity index (χ4v) is 1.54. The van der Waals surface area contributed by atoms with Gasteiger partial charge in [-0.1, -0.05) is 18.9 Å². The van der Waals surface area contributed by atoms with Crippen LogP contribution in [-0.2, 0) is 9.53 Å². The van der Waals surface area contributed by atoms with Crippen LogP contribution in [0.15, 0.2) is 12.2 Å². The summed E-state index contributed by atoms with van der Waals surface area (Å²) < 4.78 is 4.59. The molecule has 2 amide bonds.